The maximum atomic E-state index is 12.6. The van der Waals surface area contributed by atoms with Crippen molar-refractivity contribution in [3.63, 3.8) is 0 Å². The van der Waals surface area contributed by atoms with E-state index in [9.17, 15) is 4.79 Å². The zero-order chi connectivity index (χ0) is 18.5. The van der Waals surface area contributed by atoms with Crippen molar-refractivity contribution < 1.29 is 4.79 Å². The van der Waals surface area contributed by atoms with Crippen LogP contribution >= 0.6 is 0 Å². The van der Waals surface area contributed by atoms with Crippen LogP contribution in [0.1, 0.15) is 36.0 Å². The monoisotopic (exact) mass is 360 g/mol. The molecule has 1 aromatic carbocycles. The molecule has 1 aromatic heterocycles. The van der Waals surface area contributed by atoms with Gasteiger partial charge in [-0.3, -0.25) is 9.69 Å². The largest absolute Gasteiger partial charge is 0.323 e. The molecule has 5 heteroatoms. The Hall–Kier alpha value is -2.84. The summed E-state index contributed by atoms with van der Waals surface area (Å²) in [6.07, 6.45) is 6.41. The molecule has 138 valence electrons. The van der Waals surface area contributed by atoms with E-state index < -0.39 is 0 Å². The smallest absolute Gasteiger partial charge is 0.257 e. The van der Waals surface area contributed by atoms with E-state index in [1.54, 1.807) is 6.20 Å². The Morgan fingerprint density at radius 3 is 2.78 bits per heavy atom. The zero-order valence-corrected chi connectivity index (χ0v) is 15.4. The normalized spacial score (nSPS) is 16.4. The molecule has 0 aliphatic carbocycles. The van der Waals surface area contributed by atoms with Crippen LogP contribution in [0.4, 0.5) is 17.2 Å². The number of piperidine rings is 1. The number of nitrogens with zero attached hydrogens (tertiary/aromatic N) is 3. The van der Waals surface area contributed by atoms with Crippen LogP contribution in [0.5, 0.6) is 0 Å². The SMILES string of the molecule is O=C1Nc2cccnc2N(CCC#CCN2CCCCC2)c2ccccc21. The molecule has 1 N–H and O–H groups in total. The Morgan fingerprint density at radius 2 is 1.89 bits per heavy atom. The minimum absolute atomic E-state index is 0.0986. The van der Waals surface area contributed by atoms with Gasteiger partial charge in [-0.15, -0.1) is 5.92 Å². The van der Waals surface area contributed by atoms with Crippen LogP contribution in [0.3, 0.4) is 0 Å². The molecule has 2 aromatic rings. The molecular weight excluding hydrogens is 336 g/mol. The molecule has 0 unspecified atom stereocenters. The van der Waals surface area contributed by atoms with Crippen molar-refractivity contribution in [2.45, 2.75) is 25.7 Å². The number of nitrogens with one attached hydrogen (secondary N) is 1. The molecule has 1 fully saturated rings. The maximum absolute atomic E-state index is 12.6. The lowest BCUT2D eigenvalue weighted by Crippen LogP contribution is -2.29. The van der Waals surface area contributed by atoms with Gasteiger partial charge in [0.1, 0.15) is 0 Å². The summed E-state index contributed by atoms with van der Waals surface area (Å²) in [5, 5.41) is 2.97. The molecule has 27 heavy (non-hydrogen) atoms. The first-order chi connectivity index (χ1) is 13.3. The fourth-order valence-corrected chi connectivity index (χ4v) is 3.68. The highest BCUT2D eigenvalue weighted by atomic mass is 16.1. The number of fused-ring (bicyclic) bond motifs is 2. The van der Waals surface area contributed by atoms with Gasteiger partial charge in [0.05, 0.1) is 23.5 Å². The lowest BCUT2D eigenvalue weighted by atomic mass is 10.1. The lowest BCUT2D eigenvalue weighted by Gasteiger charge is -2.24. The standard InChI is InChI=1S/C22H24N4O/c27-22-18-10-3-4-12-20(18)26(21-19(24-22)11-9-13-23-21)17-8-2-7-16-25-14-5-1-6-15-25/h3-4,9-13H,1,5-6,8,14-17H2,(H,24,27). The summed E-state index contributed by atoms with van der Waals surface area (Å²) in [4.78, 5) is 21.6. The highest BCUT2D eigenvalue weighted by Crippen LogP contribution is 2.35. The fraction of sp³-hybridized carbons (Fsp3) is 0.364. The first-order valence-electron chi connectivity index (χ1n) is 9.64. The van der Waals surface area contributed by atoms with Crippen LogP contribution in [0.15, 0.2) is 42.6 Å². The quantitative estimate of drug-likeness (QED) is 0.849. The van der Waals surface area contributed by atoms with Crippen molar-refractivity contribution in [2.75, 3.05) is 36.4 Å². The first kappa shape index (κ1) is 17.6. The number of para-hydroxylation sites is 1. The Balaban J connectivity index is 1.51. The van der Waals surface area contributed by atoms with Gasteiger partial charge in [0.2, 0.25) is 0 Å². The van der Waals surface area contributed by atoms with Crippen molar-refractivity contribution in [3.05, 3.63) is 48.2 Å². The second-order valence-corrected chi connectivity index (χ2v) is 6.94. The summed E-state index contributed by atoms with van der Waals surface area (Å²) in [5.74, 6) is 7.29. The van der Waals surface area contributed by atoms with Crippen LogP contribution in [0.2, 0.25) is 0 Å². The predicted molar refractivity (Wildman–Crippen MR) is 108 cm³/mol. The third kappa shape index (κ3) is 3.96. The van der Waals surface area contributed by atoms with E-state index in [1.165, 1.54) is 32.4 Å². The van der Waals surface area contributed by atoms with E-state index in [-0.39, 0.29) is 5.91 Å². The zero-order valence-electron chi connectivity index (χ0n) is 15.4. The molecule has 0 atom stereocenters. The second kappa shape index (κ2) is 8.24. The number of anilines is 3. The molecule has 2 aliphatic heterocycles. The van der Waals surface area contributed by atoms with Crippen LogP contribution < -0.4 is 10.2 Å². The summed E-state index contributed by atoms with van der Waals surface area (Å²) in [7, 11) is 0. The average Bonchev–Trinajstić information content (AvgIpc) is 2.83. The summed E-state index contributed by atoms with van der Waals surface area (Å²) < 4.78 is 0. The summed E-state index contributed by atoms with van der Waals surface area (Å²) in [6.45, 7) is 3.88. The van der Waals surface area contributed by atoms with E-state index >= 15 is 0 Å². The van der Waals surface area contributed by atoms with E-state index in [1.807, 2.05) is 36.4 Å². The second-order valence-electron chi connectivity index (χ2n) is 6.94. The Bertz CT molecular complexity index is 877. The number of carbonyl (C=O) groups excluding carboxylic acids is 1. The number of hydrogen-bond donors (Lipinski definition) is 1. The lowest BCUT2D eigenvalue weighted by molar-refractivity contribution is 0.102. The molecular formula is C22H24N4O. The third-order valence-electron chi connectivity index (χ3n) is 5.07. The molecule has 1 amide bonds. The van der Waals surface area contributed by atoms with Crippen molar-refractivity contribution in [2.24, 2.45) is 0 Å². The van der Waals surface area contributed by atoms with Crippen LogP contribution in [0.25, 0.3) is 0 Å². The van der Waals surface area contributed by atoms with Crippen LogP contribution in [-0.2, 0) is 0 Å². The van der Waals surface area contributed by atoms with Gasteiger partial charge in [0, 0.05) is 19.2 Å². The van der Waals surface area contributed by atoms with Gasteiger partial charge in [0.25, 0.3) is 5.91 Å². The van der Waals surface area contributed by atoms with Gasteiger partial charge in [0.15, 0.2) is 5.82 Å². The highest BCUT2D eigenvalue weighted by molar-refractivity contribution is 6.11. The maximum Gasteiger partial charge on any atom is 0.257 e. The number of aromatic nitrogens is 1. The molecule has 0 bridgehead atoms. The Morgan fingerprint density at radius 1 is 1.04 bits per heavy atom. The van der Waals surface area contributed by atoms with E-state index in [0.717, 1.165) is 30.2 Å². The van der Waals surface area contributed by atoms with Crippen molar-refractivity contribution >= 4 is 23.1 Å². The van der Waals surface area contributed by atoms with E-state index in [0.29, 0.717) is 12.1 Å². The molecule has 0 saturated carbocycles. The van der Waals surface area contributed by atoms with Crippen LogP contribution in [0, 0.1) is 11.8 Å². The van der Waals surface area contributed by atoms with Crippen molar-refractivity contribution in [1.82, 2.24) is 9.88 Å². The van der Waals surface area contributed by atoms with Gasteiger partial charge in [-0.05, 0) is 50.2 Å². The van der Waals surface area contributed by atoms with Crippen molar-refractivity contribution in [3.8, 4) is 11.8 Å². The van der Waals surface area contributed by atoms with E-state index in [4.69, 9.17) is 0 Å². The predicted octanol–water partition coefficient (Wildman–Crippen LogP) is 3.66. The molecule has 3 heterocycles. The number of hydrogen-bond acceptors (Lipinski definition) is 4. The van der Waals surface area contributed by atoms with Crippen molar-refractivity contribution in [1.29, 1.82) is 0 Å². The molecule has 0 radical (unpaired) electrons. The molecule has 5 nitrogen and oxygen atoms in total. The summed E-state index contributed by atoms with van der Waals surface area (Å²) in [6, 6.07) is 11.4. The Labute approximate surface area is 160 Å². The number of benzene rings is 1. The van der Waals surface area contributed by atoms with Gasteiger partial charge in [-0.2, -0.15) is 0 Å². The van der Waals surface area contributed by atoms with Gasteiger partial charge < -0.3 is 10.2 Å². The number of pyridine rings is 1. The van der Waals surface area contributed by atoms with Gasteiger partial charge in [-0.1, -0.05) is 24.5 Å². The number of likely N-dealkylation sites (tertiary alicyclic amines) is 1. The minimum atomic E-state index is -0.0986. The molecule has 4 rings (SSSR count). The molecule has 2 aliphatic rings. The first-order valence-corrected chi connectivity index (χ1v) is 9.64. The summed E-state index contributed by atoms with van der Waals surface area (Å²) in [5.41, 5.74) is 2.28. The third-order valence-corrected chi connectivity index (χ3v) is 5.07. The number of rotatable bonds is 3. The topological polar surface area (TPSA) is 48.5 Å². The average molecular weight is 360 g/mol. The summed E-state index contributed by atoms with van der Waals surface area (Å²) >= 11 is 0. The molecule has 1 saturated heterocycles. The Kier molecular flexibility index (Phi) is 5.36. The number of amides is 1. The van der Waals surface area contributed by atoms with Gasteiger partial charge >= 0.3 is 0 Å². The fourth-order valence-electron chi connectivity index (χ4n) is 3.68. The number of carbonyl (C=O) groups is 1. The van der Waals surface area contributed by atoms with Gasteiger partial charge in [-0.25, -0.2) is 4.98 Å². The van der Waals surface area contributed by atoms with Crippen LogP contribution in [-0.4, -0.2) is 42.0 Å². The minimum Gasteiger partial charge on any atom is -0.323 e. The highest BCUT2D eigenvalue weighted by Gasteiger charge is 2.25. The van der Waals surface area contributed by atoms with E-state index in [2.05, 4.69) is 31.9 Å². The molecule has 0 spiro atoms.